The molecule has 1 rings (SSSR count). The topological polar surface area (TPSA) is 37.3 Å². The molecule has 0 aromatic heterocycles. The molecule has 0 saturated heterocycles. The minimum absolute atomic E-state index is 0.260. The lowest BCUT2D eigenvalue weighted by Crippen LogP contribution is -1.98. The van der Waals surface area contributed by atoms with Crippen LogP contribution in [0.25, 0.3) is 0 Å². The molecule has 1 N–H and O–H groups in total. The van der Waals surface area contributed by atoms with Gasteiger partial charge in [0.15, 0.2) is 5.78 Å². The SMILES string of the molecule is O=C(CCCCCCCCCO)c1ccccc1. The average molecular weight is 248 g/mol. The van der Waals surface area contributed by atoms with E-state index in [9.17, 15) is 4.79 Å². The third kappa shape index (κ3) is 6.55. The van der Waals surface area contributed by atoms with Gasteiger partial charge < -0.3 is 5.11 Å². The summed E-state index contributed by atoms with van der Waals surface area (Å²) in [6.07, 6.45) is 8.47. The van der Waals surface area contributed by atoms with Gasteiger partial charge in [0.2, 0.25) is 0 Å². The summed E-state index contributed by atoms with van der Waals surface area (Å²) in [6.45, 7) is 0.311. The Morgan fingerprint density at radius 1 is 0.833 bits per heavy atom. The molecule has 0 bridgehead atoms. The average Bonchev–Trinajstić information content (AvgIpc) is 2.42. The Morgan fingerprint density at radius 2 is 1.39 bits per heavy atom. The molecule has 0 aliphatic rings. The molecule has 18 heavy (non-hydrogen) atoms. The number of aliphatic hydroxyl groups is 1. The van der Waals surface area contributed by atoms with E-state index in [2.05, 4.69) is 0 Å². The Hall–Kier alpha value is -1.15. The van der Waals surface area contributed by atoms with Crippen molar-refractivity contribution in [3.8, 4) is 0 Å². The largest absolute Gasteiger partial charge is 0.396 e. The van der Waals surface area contributed by atoms with Crippen LogP contribution in [0.15, 0.2) is 30.3 Å². The first-order chi connectivity index (χ1) is 8.84. The molecular formula is C16H24O2. The normalized spacial score (nSPS) is 10.5. The van der Waals surface area contributed by atoms with Crippen molar-refractivity contribution >= 4 is 5.78 Å². The number of hydrogen-bond donors (Lipinski definition) is 1. The molecule has 0 atom stereocenters. The number of hydrogen-bond acceptors (Lipinski definition) is 2. The first kappa shape index (κ1) is 14.9. The number of unbranched alkanes of at least 4 members (excludes halogenated alkanes) is 6. The van der Waals surface area contributed by atoms with Gasteiger partial charge in [-0.3, -0.25) is 4.79 Å². The number of Topliss-reactive ketones (excluding diaryl/α,β-unsaturated/α-hetero) is 1. The van der Waals surface area contributed by atoms with Crippen LogP contribution in [0.4, 0.5) is 0 Å². The highest BCUT2D eigenvalue weighted by Gasteiger charge is 2.03. The van der Waals surface area contributed by atoms with Gasteiger partial charge in [0, 0.05) is 18.6 Å². The zero-order valence-electron chi connectivity index (χ0n) is 11.1. The Labute approximate surface area is 110 Å². The molecular weight excluding hydrogens is 224 g/mol. The summed E-state index contributed by atoms with van der Waals surface area (Å²) in [4.78, 5) is 11.8. The molecule has 1 aromatic carbocycles. The van der Waals surface area contributed by atoms with Gasteiger partial charge in [-0.25, -0.2) is 0 Å². The smallest absolute Gasteiger partial charge is 0.162 e. The third-order valence-corrected chi connectivity index (χ3v) is 3.16. The van der Waals surface area contributed by atoms with E-state index >= 15 is 0 Å². The molecule has 0 aliphatic heterocycles. The number of ketones is 1. The minimum Gasteiger partial charge on any atom is -0.396 e. The Bertz CT molecular complexity index is 319. The van der Waals surface area contributed by atoms with Crippen LogP contribution in [-0.2, 0) is 0 Å². The van der Waals surface area contributed by atoms with Crippen LogP contribution < -0.4 is 0 Å². The van der Waals surface area contributed by atoms with Crippen LogP contribution in [0.1, 0.15) is 61.7 Å². The Balaban J connectivity index is 2.00. The summed E-state index contributed by atoms with van der Waals surface area (Å²) in [5.74, 6) is 0.260. The first-order valence-corrected chi connectivity index (χ1v) is 7.03. The summed E-state index contributed by atoms with van der Waals surface area (Å²) in [7, 11) is 0. The molecule has 100 valence electrons. The molecule has 0 amide bonds. The monoisotopic (exact) mass is 248 g/mol. The fraction of sp³-hybridized carbons (Fsp3) is 0.562. The molecule has 0 spiro atoms. The third-order valence-electron chi connectivity index (χ3n) is 3.16. The van der Waals surface area contributed by atoms with E-state index in [1.807, 2.05) is 30.3 Å². The molecule has 0 fully saturated rings. The predicted octanol–water partition coefficient (Wildman–Crippen LogP) is 3.98. The van der Waals surface area contributed by atoms with E-state index in [0.717, 1.165) is 31.2 Å². The maximum absolute atomic E-state index is 11.8. The van der Waals surface area contributed by atoms with E-state index < -0.39 is 0 Å². The maximum Gasteiger partial charge on any atom is 0.162 e. The Morgan fingerprint density at radius 3 is 2.00 bits per heavy atom. The van der Waals surface area contributed by atoms with Crippen molar-refractivity contribution in [2.75, 3.05) is 6.61 Å². The number of rotatable bonds is 10. The lowest BCUT2D eigenvalue weighted by Gasteiger charge is -2.02. The van der Waals surface area contributed by atoms with Crippen LogP contribution in [-0.4, -0.2) is 17.5 Å². The fourth-order valence-corrected chi connectivity index (χ4v) is 2.05. The summed E-state index contributed by atoms with van der Waals surface area (Å²) in [5, 5.41) is 8.64. The van der Waals surface area contributed by atoms with Crippen molar-refractivity contribution in [1.29, 1.82) is 0 Å². The standard InChI is InChI=1S/C16H24O2/c17-14-10-5-3-1-2-4-9-13-16(18)15-11-7-6-8-12-15/h6-8,11-12,17H,1-5,9-10,13-14H2. The lowest BCUT2D eigenvalue weighted by molar-refractivity contribution is 0.0979. The Kier molecular flexibility index (Phi) is 8.15. The second-order valence-corrected chi connectivity index (χ2v) is 4.74. The highest BCUT2D eigenvalue weighted by molar-refractivity contribution is 5.95. The van der Waals surface area contributed by atoms with Crippen LogP contribution in [0.5, 0.6) is 0 Å². The quantitative estimate of drug-likeness (QED) is 0.502. The number of carbonyl (C=O) groups excluding carboxylic acids is 1. The number of benzene rings is 1. The molecule has 0 aliphatic carbocycles. The first-order valence-electron chi connectivity index (χ1n) is 7.03. The summed E-state index contributed by atoms with van der Waals surface area (Å²) >= 11 is 0. The van der Waals surface area contributed by atoms with Crippen LogP contribution in [0.2, 0.25) is 0 Å². The summed E-state index contributed by atoms with van der Waals surface area (Å²) in [5.41, 5.74) is 0.834. The van der Waals surface area contributed by atoms with E-state index in [4.69, 9.17) is 5.11 Å². The van der Waals surface area contributed by atoms with Gasteiger partial charge in [0.1, 0.15) is 0 Å². The second-order valence-electron chi connectivity index (χ2n) is 4.74. The number of aliphatic hydroxyl groups excluding tert-OH is 1. The van der Waals surface area contributed by atoms with Gasteiger partial charge in [0.25, 0.3) is 0 Å². The minimum atomic E-state index is 0.260. The second kappa shape index (κ2) is 9.84. The van der Waals surface area contributed by atoms with E-state index in [-0.39, 0.29) is 5.78 Å². The van der Waals surface area contributed by atoms with E-state index in [1.54, 1.807) is 0 Å². The molecule has 0 radical (unpaired) electrons. The maximum atomic E-state index is 11.8. The summed E-state index contributed by atoms with van der Waals surface area (Å²) < 4.78 is 0. The highest BCUT2D eigenvalue weighted by Crippen LogP contribution is 2.11. The van der Waals surface area contributed by atoms with Gasteiger partial charge in [-0.2, -0.15) is 0 Å². The zero-order chi connectivity index (χ0) is 13.1. The highest BCUT2D eigenvalue weighted by atomic mass is 16.2. The van der Waals surface area contributed by atoms with Gasteiger partial charge in [-0.15, -0.1) is 0 Å². The van der Waals surface area contributed by atoms with Crippen molar-refractivity contribution in [2.45, 2.75) is 51.4 Å². The van der Waals surface area contributed by atoms with Crippen LogP contribution in [0.3, 0.4) is 0 Å². The van der Waals surface area contributed by atoms with Gasteiger partial charge >= 0.3 is 0 Å². The predicted molar refractivity (Wildman–Crippen MR) is 74.8 cm³/mol. The molecule has 0 saturated carbocycles. The van der Waals surface area contributed by atoms with Crippen LogP contribution >= 0.6 is 0 Å². The lowest BCUT2D eigenvalue weighted by atomic mass is 10.0. The fourth-order valence-electron chi connectivity index (χ4n) is 2.05. The number of carbonyl (C=O) groups is 1. The van der Waals surface area contributed by atoms with Crippen LogP contribution in [0, 0.1) is 0 Å². The van der Waals surface area contributed by atoms with Gasteiger partial charge in [0.05, 0.1) is 0 Å². The van der Waals surface area contributed by atoms with Crippen molar-refractivity contribution in [1.82, 2.24) is 0 Å². The van der Waals surface area contributed by atoms with E-state index in [0.29, 0.717) is 13.0 Å². The molecule has 2 nitrogen and oxygen atoms in total. The molecule has 2 heteroatoms. The molecule has 0 heterocycles. The van der Waals surface area contributed by atoms with Crippen molar-refractivity contribution in [2.24, 2.45) is 0 Å². The van der Waals surface area contributed by atoms with Crippen molar-refractivity contribution < 1.29 is 9.90 Å². The van der Waals surface area contributed by atoms with Crippen molar-refractivity contribution in [3.63, 3.8) is 0 Å². The van der Waals surface area contributed by atoms with Gasteiger partial charge in [-0.1, -0.05) is 62.4 Å². The summed E-state index contributed by atoms with van der Waals surface area (Å²) in [6, 6.07) is 9.53. The van der Waals surface area contributed by atoms with Gasteiger partial charge in [-0.05, 0) is 12.8 Å². The van der Waals surface area contributed by atoms with Crippen molar-refractivity contribution in [3.05, 3.63) is 35.9 Å². The molecule has 1 aromatic rings. The molecule has 0 unspecified atom stereocenters. The zero-order valence-corrected chi connectivity index (χ0v) is 11.1. The van der Waals surface area contributed by atoms with E-state index in [1.165, 1.54) is 19.3 Å².